The second-order valence-electron chi connectivity index (χ2n) is 5.94. The van der Waals surface area contributed by atoms with Crippen molar-refractivity contribution in [2.45, 2.75) is 19.4 Å². The van der Waals surface area contributed by atoms with Crippen molar-refractivity contribution in [2.75, 3.05) is 33.7 Å². The van der Waals surface area contributed by atoms with Gasteiger partial charge in [0.2, 0.25) is 0 Å². The summed E-state index contributed by atoms with van der Waals surface area (Å²) < 4.78 is 0. The van der Waals surface area contributed by atoms with Crippen molar-refractivity contribution < 1.29 is 9.90 Å². The Hall–Kier alpha value is -1.39. The fourth-order valence-electron chi connectivity index (χ4n) is 2.95. The number of carboxylic acids is 1. The minimum absolute atomic E-state index is 0.433. The molecule has 0 aliphatic carbocycles. The maximum Gasteiger partial charge on any atom is 0.336 e. The van der Waals surface area contributed by atoms with Crippen LogP contribution in [-0.2, 0) is 6.54 Å². The molecule has 0 saturated carbocycles. The van der Waals surface area contributed by atoms with Gasteiger partial charge in [0, 0.05) is 13.1 Å². The van der Waals surface area contributed by atoms with E-state index in [0.29, 0.717) is 5.56 Å². The van der Waals surface area contributed by atoms with Crippen molar-refractivity contribution in [2.24, 2.45) is 5.92 Å². The first-order valence-electron chi connectivity index (χ1n) is 7.24. The normalized spacial score (nSPS) is 17.6. The van der Waals surface area contributed by atoms with Crippen LogP contribution in [0.3, 0.4) is 0 Å². The molecule has 0 radical (unpaired) electrons. The van der Waals surface area contributed by atoms with Crippen molar-refractivity contribution in [3.8, 4) is 0 Å². The summed E-state index contributed by atoms with van der Waals surface area (Å²) in [5, 5.41) is 9.21. The lowest BCUT2D eigenvalue weighted by Gasteiger charge is -2.33. The second kappa shape index (κ2) is 6.86. The summed E-state index contributed by atoms with van der Waals surface area (Å²) in [6, 6.07) is 7.32. The van der Waals surface area contributed by atoms with Crippen LogP contribution in [0.2, 0.25) is 0 Å². The lowest BCUT2D eigenvalue weighted by atomic mass is 9.95. The van der Waals surface area contributed by atoms with Crippen LogP contribution in [0.5, 0.6) is 0 Å². The standard InChI is InChI=1S/C16H24N2O2/c1-17(2)11-13-7-9-18(10-8-13)12-14-5-3-4-6-15(14)16(19)20/h3-6,13H,7-12H2,1-2H3,(H,19,20). The van der Waals surface area contributed by atoms with Gasteiger partial charge in [-0.2, -0.15) is 0 Å². The number of carboxylic acid groups (broad SMARTS) is 1. The van der Waals surface area contributed by atoms with Gasteiger partial charge in [-0.3, -0.25) is 4.90 Å². The molecule has 1 aromatic carbocycles. The molecule has 0 aromatic heterocycles. The van der Waals surface area contributed by atoms with Gasteiger partial charge in [-0.25, -0.2) is 4.79 Å². The summed E-state index contributed by atoms with van der Waals surface area (Å²) >= 11 is 0. The Morgan fingerprint density at radius 3 is 2.55 bits per heavy atom. The first kappa shape index (κ1) is 15.0. The zero-order valence-corrected chi connectivity index (χ0v) is 12.4. The number of rotatable bonds is 5. The van der Waals surface area contributed by atoms with Crippen LogP contribution in [0.1, 0.15) is 28.8 Å². The third-order valence-electron chi connectivity index (χ3n) is 3.97. The molecule has 4 nitrogen and oxygen atoms in total. The van der Waals surface area contributed by atoms with Crippen molar-refractivity contribution >= 4 is 5.97 Å². The van der Waals surface area contributed by atoms with Crippen LogP contribution in [0.25, 0.3) is 0 Å². The molecule has 0 unspecified atom stereocenters. The van der Waals surface area contributed by atoms with E-state index in [9.17, 15) is 9.90 Å². The first-order chi connectivity index (χ1) is 9.56. The van der Waals surface area contributed by atoms with Crippen molar-refractivity contribution in [1.82, 2.24) is 9.80 Å². The third-order valence-corrected chi connectivity index (χ3v) is 3.97. The lowest BCUT2D eigenvalue weighted by Crippen LogP contribution is -2.36. The predicted molar refractivity (Wildman–Crippen MR) is 80.0 cm³/mol. The van der Waals surface area contributed by atoms with Crippen LogP contribution in [0.15, 0.2) is 24.3 Å². The quantitative estimate of drug-likeness (QED) is 0.895. The van der Waals surface area contributed by atoms with Gasteiger partial charge in [-0.1, -0.05) is 18.2 Å². The van der Waals surface area contributed by atoms with E-state index in [1.54, 1.807) is 12.1 Å². The summed E-state index contributed by atoms with van der Waals surface area (Å²) in [4.78, 5) is 15.8. The number of hydrogen-bond acceptors (Lipinski definition) is 3. The van der Waals surface area contributed by atoms with Gasteiger partial charge in [0.1, 0.15) is 0 Å². The van der Waals surface area contributed by atoms with Gasteiger partial charge in [0.25, 0.3) is 0 Å². The molecule has 1 aliphatic heterocycles. The summed E-state index contributed by atoms with van der Waals surface area (Å²) in [5.41, 5.74) is 1.36. The Bertz CT molecular complexity index is 452. The molecule has 0 bridgehead atoms. The molecular weight excluding hydrogens is 252 g/mol. The first-order valence-corrected chi connectivity index (χ1v) is 7.24. The molecule has 110 valence electrons. The van der Waals surface area contributed by atoms with Crippen LogP contribution in [-0.4, -0.2) is 54.6 Å². The topological polar surface area (TPSA) is 43.8 Å². The molecule has 0 spiro atoms. The molecule has 1 heterocycles. The molecule has 1 N–H and O–H groups in total. The molecule has 4 heteroatoms. The summed E-state index contributed by atoms with van der Waals surface area (Å²) in [7, 11) is 4.24. The lowest BCUT2D eigenvalue weighted by molar-refractivity contribution is 0.0693. The zero-order chi connectivity index (χ0) is 14.5. The SMILES string of the molecule is CN(C)CC1CCN(Cc2ccccc2C(=O)O)CC1. The van der Waals surface area contributed by atoms with Crippen molar-refractivity contribution in [3.05, 3.63) is 35.4 Å². The second-order valence-corrected chi connectivity index (χ2v) is 5.94. The Morgan fingerprint density at radius 1 is 1.30 bits per heavy atom. The monoisotopic (exact) mass is 276 g/mol. The number of benzene rings is 1. The van der Waals surface area contributed by atoms with E-state index in [-0.39, 0.29) is 0 Å². The Morgan fingerprint density at radius 2 is 1.95 bits per heavy atom. The summed E-state index contributed by atoms with van der Waals surface area (Å²) in [5.74, 6) is -0.0564. The van der Waals surface area contributed by atoms with Crippen molar-refractivity contribution in [1.29, 1.82) is 0 Å². The summed E-state index contributed by atoms with van der Waals surface area (Å²) in [6.45, 7) is 4.02. The Balaban J connectivity index is 1.91. The van der Waals surface area contributed by atoms with Crippen LogP contribution < -0.4 is 0 Å². The van der Waals surface area contributed by atoms with Crippen molar-refractivity contribution in [3.63, 3.8) is 0 Å². The third kappa shape index (κ3) is 4.05. The smallest absolute Gasteiger partial charge is 0.336 e. The van der Waals surface area contributed by atoms with Gasteiger partial charge >= 0.3 is 5.97 Å². The maximum absolute atomic E-state index is 11.2. The number of nitrogens with zero attached hydrogens (tertiary/aromatic N) is 2. The molecule has 1 saturated heterocycles. The highest BCUT2D eigenvalue weighted by Crippen LogP contribution is 2.20. The van der Waals surface area contributed by atoms with Gasteiger partial charge in [0.05, 0.1) is 5.56 Å². The average molecular weight is 276 g/mol. The van der Waals surface area contributed by atoms with E-state index in [1.807, 2.05) is 12.1 Å². The largest absolute Gasteiger partial charge is 0.478 e. The van der Waals surface area contributed by atoms with Gasteiger partial charge in [-0.15, -0.1) is 0 Å². The highest BCUT2D eigenvalue weighted by molar-refractivity contribution is 5.89. The van der Waals surface area contributed by atoms with E-state index < -0.39 is 5.97 Å². The minimum Gasteiger partial charge on any atom is -0.478 e. The van der Waals surface area contributed by atoms with E-state index in [4.69, 9.17) is 0 Å². The molecule has 0 amide bonds. The van der Waals surface area contributed by atoms with Crippen LogP contribution in [0, 0.1) is 5.92 Å². The Labute approximate surface area is 121 Å². The molecule has 0 atom stereocenters. The highest BCUT2D eigenvalue weighted by Gasteiger charge is 2.21. The molecule has 1 aliphatic rings. The number of piperidine rings is 1. The fourth-order valence-corrected chi connectivity index (χ4v) is 2.95. The average Bonchev–Trinajstić information content (AvgIpc) is 2.41. The van der Waals surface area contributed by atoms with Crippen LogP contribution >= 0.6 is 0 Å². The maximum atomic E-state index is 11.2. The molecular formula is C16H24N2O2. The highest BCUT2D eigenvalue weighted by atomic mass is 16.4. The molecule has 1 aromatic rings. The molecule has 20 heavy (non-hydrogen) atoms. The molecule has 2 rings (SSSR count). The van der Waals surface area contributed by atoms with E-state index in [0.717, 1.165) is 37.7 Å². The minimum atomic E-state index is -0.830. The Kier molecular flexibility index (Phi) is 5.15. The van der Waals surface area contributed by atoms with Crippen LogP contribution in [0.4, 0.5) is 0 Å². The fraction of sp³-hybridized carbons (Fsp3) is 0.562. The number of hydrogen-bond donors (Lipinski definition) is 1. The van der Waals surface area contributed by atoms with Gasteiger partial charge in [0.15, 0.2) is 0 Å². The van der Waals surface area contributed by atoms with E-state index in [2.05, 4.69) is 23.9 Å². The van der Waals surface area contributed by atoms with E-state index in [1.165, 1.54) is 12.8 Å². The zero-order valence-electron chi connectivity index (χ0n) is 12.4. The predicted octanol–water partition coefficient (Wildman–Crippen LogP) is 2.16. The summed E-state index contributed by atoms with van der Waals surface area (Å²) in [6.07, 6.45) is 2.40. The molecule has 1 fully saturated rings. The number of aromatic carboxylic acids is 1. The van der Waals surface area contributed by atoms with E-state index >= 15 is 0 Å². The van der Waals surface area contributed by atoms with Gasteiger partial charge < -0.3 is 10.0 Å². The van der Waals surface area contributed by atoms with Gasteiger partial charge in [-0.05, 0) is 57.6 Å². The number of carbonyl (C=O) groups is 1. The number of likely N-dealkylation sites (tertiary alicyclic amines) is 1.